The van der Waals surface area contributed by atoms with Crippen molar-refractivity contribution in [3.63, 3.8) is 0 Å². The minimum atomic E-state index is -3.93. The fourth-order valence-corrected chi connectivity index (χ4v) is 5.21. The molecule has 0 bridgehead atoms. The second-order valence-electron chi connectivity index (χ2n) is 5.90. The topological polar surface area (TPSA) is 66.9 Å². The Morgan fingerprint density at radius 3 is 2.32 bits per heavy atom. The molecule has 3 rings (SSSR count). The van der Waals surface area contributed by atoms with Crippen LogP contribution in [0.1, 0.15) is 0 Å². The molecule has 6 nitrogen and oxygen atoms in total. The molecule has 3 aromatic rings. The van der Waals surface area contributed by atoms with Gasteiger partial charge in [-0.3, -0.25) is 9.10 Å². The van der Waals surface area contributed by atoms with Gasteiger partial charge in [0.2, 0.25) is 5.91 Å². The molecule has 0 aliphatic rings. The van der Waals surface area contributed by atoms with Crippen LogP contribution in [0.3, 0.4) is 0 Å². The van der Waals surface area contributed by atoms with Crippen LogP contribution < -0.4 is 13.9 Å². The summed E-state index contributed by atoms with van der Waals surface area (Å²) in [7, 11) is -0.844. The van der Waals surface area contributed by atoms with Crippen LogP contribution in [0, 0.1) is 0 Å². The quantitative estimate of drug-likeness (QED) is 0.590. The Hall–Kier alpha value is -2.84. The van der Waals surface area contributed by atoms with Crippen molar-refractivity contribution in [3.05, 3.63) is 72.1 Å². The van der Waals surface area contributed by atoms with Gasteiger partial charge in [0.25, 0.3) is 10.0 Å². The number of carbonyl (C=O) groups is 1. The van der Waals surface area contributed by atoms with Gasteiger partial charge in [-0.1, -0.05) is 36.4 Å². The molecule has 0 aliphatic heterocycles. The first-order valence-corrected chi connectivity index (χ1v) is 10.8. The fourth-order valence-electron chi connectivity index (χ4n) is 2.68. The van der Waals surface area contributed by atoms with E-state index in [0.29, 0.717) is 17.1 Å². The van der Waals surface area contributed by atoms with Crippen LogP contribution in [0.5, 0.6) is 5.75 Å². The van der Waals surface area contributed by atoms with Crippen LogP contribution in [0.4, 0.5) is 11.4 Å². The third-order valence-electron chi connectivity index (χ3n) is 4.19. The van der Waals surface area contributed by atoms with E-state index in [9.17, 15) is 13.2 Å². The molecule has 0 atom stereocenters. The molecule has 0 aliphatic carbocycles. The van der Waals surface area contributed by atoms with Gasteiger partial charge in [-0.2, -0.15) is 0 Å². The van der Waals surface area contributed by atoms with E-state index < -0.39 is 10.0 Å². The Morgan fingerprint density at radius 1 is 1.00 bits per heavy atom. The molecule has 1 amide bonds. The number of hydrogen-bond acceptors (Lipinski definition) is 5. The number of para-hydroxylation sites is 3. The van der Waals surface area contributed by atoms with Gasteiger partial charge in [0.1, 0.15) is 16.5 Å². The highest BCUT2D eigenvalue weighted by atomic mass is 32.2. The second-order valence-corrected chi connectivity index (χ2v) is 8.94. The lowest BCUT2D eigenvalue weighted by Gasteiger charge is -2.27. The lowest BCUT2D eigenvalue weighted by atomic mass is 10.2. The van der Waals surface area contributed by atoms with E-state index in [0.717, 1.165) is 15.6 Å². The molecule has 0 fully saturated rings. The molecule has 0 unspecified atom stereocenters. The Kier molecular flexibility index (Phi) is 6.01. The van der Waals surface area contributed by atoms with Crippen LogP contribution >= 0.6 is 11.3 Å². The van der Waals surface area contributed by atoms with E-state index in [4.69, 9.17) is 4.74 Å². The lowest BCUT2D eigenvalue weighted by molar-refractivity contribution is -0.116. The fraction of sp³-hybridized carbons (Fsp3) is 0.150. The number of amides is 1. The third kappa shape index (κ3) is 4.02. The third-order valence-corrected chi connectivity index (χ3v) is 7.32. The number of benzene rings is 2. The number of likely N-dealkylation sites (N-methyl/N-ethyl adjacent to an activating group) is 1. The standard InChI is InChI=1S/C20H20N2O4S2/c1-21(16-9-4-3-5-10-16)19(23)15-22(17-11-6-7-12-18(17)26-2)28(24,25)20-13-8-14-27-20/h3-14H,15H2,1-2H3. The number of sulfonamides is 1. The summed E-state index contributed by atoms with van der Waals surface area (Å²) >= 11 is 1.10. The van der Waals surface area contributed by atoms with Gasteiger partial charge >= 0.3 is 0 Å². The van der Waals surface area contributed by atoms with Crippen molar-refractivity contribution in [1.82, 2.24) is 0 Å². The van der Waals surface area contributed by atoms with Gasteiger partial charge in [-0.05, 0) is 35.7 Å². The first-order valence-electron chi connectivity index (χ1n) is 8.46. The molecule has 8 heteroatoms. The predicted molar refractivity (Wildman–Crippen MR) is 112 cm³/mol. The zero-order valence-corrected chi connectivity index (χ0v) is 17.1. The monoisotopic (exact) mass is 416 g/mol. The molecule has 1 aromatic heterocycles. The number of methoxy groups -OCH3 is 1. The molecule has 28 heavy (non-hydrogen) atoms. The summed E-state index contributed by atoms with van der Waals surface area (Å²) in [6, 6.07) is 19.0. The summed E-state index contributed by atoms with van der Waals surface area (Å²) in [6.07, 6.45) is 0. The molecule has 1 heterocycles. The number of thiophene rings is 1. The molecule has 0 radical (unpaired) electrons. The van der Waals surface area contributed by atoms with Crippen LogP contribution in [-0.2, 0) is 14.8 Å². The van der Waals surface area contributed by atoms with Gasteiger partial charge < -0.3 is 9.64 Å². The number of anilines is 2. The van der Waals surface area contributed by atoms with Crippen molar-refractivity contribution in [2.75, 3.05) is 29.9 Å². The largest absolute Gasteiger partial charge is 0.495 e. The summed E-state index contributed by atoms with van der Waals surface area (Å²) in [6.45, 7) is -0.355. The van der Waals surface area contributed by atoms with E-state index in [2.05, 4.69) is 0 Å². The van der Waals surface area contributed by atoms with Crippen molar-refractivity contribution in [3.8, 4) is 5.75 Å². The van der Waals surface area contributed by atoms with E-state index >= 15 is 0 Å². The lowest BCUT2D eigenvalue weighted by Crippen LogP contribution is -2.41. The molecule has 0 saturated heterocycles. The second kappa shape index (κ2) is 8.45. The summed E-state index contributed by atoms with van der Waals surface area (Å²) in [5.74, 6) is 0.00929. The highest BCUT2D eigenvalue weighted by Crippen LogP contribution is 2.33. The zero-order valence-electron chi connectivity index (χ0n) is 15.5. The van der Waals surface area contributed by atoms with E-state index in [-0.39, 0.29) is 16.7 Å². The number of carbonyl (C=O) groups excluding carboxylic acids is 1. The Labute approximate surface area is 168 Å². The zero-order chi connectivity index (χ0) is 20.1. The van der Waals surface area contributed by atoms with E-state index in [1.54, 1.807) is 54.9 Å². The average Bonchev–Trinajstić information content (AvgIpc) is 3.27. The van der Waals surface area contributed by atoms with Crippen molar-refractivity contribution in [1.29, 1.82) is 0 Å². The maximum atomic E-state index is 13.3. The van der Waals surface area contributed by atoms with Crippen molar-refractivity contribution in [2.45, 2.75) is 4.21 Å². The smallest absolute Gasteiger partial charge is 0.274 e. The predicted octanol–water partition coefficient (Wildman–Crippen LogP) is 3.62. The van der Waals surface area contributed by atoms with Gasteiger partial charge in [-0.15, -0.1) is 11.3 Å². The van der Waals surface area contributed by atoms with Gasteiger partial charge in [0.15, 0.2) is 0 Å². The molecular weight excluding hydrogens is 396 g/mol. The Balaban J connectivity index is 2.01. The number of rotatable bonds is 7. The molecule has 2 aromatic carbocycles. The van der Waals surface area contributed by atoms with Crippen LogP contribution in [0.15, 0.2) is 76.3 Å². The van der Waals surface area contributed by atoms with Crippen molar-refractivity contribution in [2.24, 2.45) is 0 Å². The SMILES string of the molecule is COc1ccccc1N(CC(=O)N(C)c1ccccc1)S(=O)(=O)c1cccs1. The Bertz CT molecular complexity index is 1040. The van der Waals surface area contributed by atoms with Crippen molar-refractivity contribution < 1.29 is 17.9 Å². The number of ether oxygens (including phenoxy) is 1. The summed E-state index contributed by atoms with van der Waals surface area (Å²) in [5, 5.41) is 1.69. The average molecular weight is 417 g/mol. The number of nitrogens with zero attached hydrogens (tertiary/aromatic N) is 2. The van der Waals surface area contributed by atoms with Crippen LogP contribution in [-0.4, -0.2) is 35.0 Å². The first kappa shape index (κ1) is 19.9. The highest BCUT2D eigenvalue weighted by molar-refractivity contribution is 7.94. The maximum absolute atomic E-state index is 13.3. The highest BCUT2D eigenvalue weighted by Gasteiger charge is 2.31. The van der Waals surface area contributed by atoms with Gasteiger partial charge in [-0.25, -0.2) is 8.42 Å². The molecule has 0 spiro atoms. The summed E-state index contributed by atoms with van der Waals surface area (Å²) < 4.78 is 33.1. The van der Waals surface area contributed by atoms with E-state index in [1.807, 2.05) is 18.2 Å². The molecule has 0 saturated carbocycles. The van der Waals surface area contributed by atoms with E-state index in [1.165, 1.54) is 18.1 Å². The maximum Gasteiger partial charge on any atom is 0.274 e. The van der Waals surface area contributed by atoms with Crippen LogP contribution in [0.25, 0.3) is 0 Å². The Morgan fingerprint density at radius 2 is 1.68 bits per heavy atom. The normalized spacial score (nSPS) is 11.1. The minimum absolute atomic E-state index is 0.161. The first-order chi connectivity index (χ1) is 13.4. The molecule has 0 N–H and O–H groups in total. The molecular formula is C20H20N2O4S2. The molecule has 146 valence electrons. The number of hydrogen-bond donors (Lipinski definition) is 0. The van der Waals surface area contributed by atoms with Gasteiger partial charge in [0, 0.05) is 12.7 Å². The van der Waals surface area contributed by atoms with Crippen molar-refractivity contribution >= 4 is 38.6 Å². The summed E-state index contributed by atoms with van der Waals surface area (Å²) in [4.78, 5) is 14.4. The summed E-state index contributed by atoms with van der Waals surface area (Å²) in [5.41, 5.74) is 0.995. The minimum Gasteiger partial charge on any atom is -0.495 e. The van der Waals surface area contributed by atoms with Gasteiger partial charge in [0.05, 0.1) is 12.8 Å². The van der Waals surface area contributed by atoms with Crippen LogP contribution in [0.2, 0.25) is 0 Å².